The summed E-state index contributed by atoms with van der Waals surface area (Å²) in [5, 5.41) is 10.0. The van der Waals surface area contributed by atoms with Crippen LogP contribution in [0.5, 0.6) is 0 Å². The number of likely N-dealkylation sites (tertiary alicyclic amines) is 1. The smallest absolute Gasteiger partial charge is 0.0735 e. The molecule has 0 spiro atoms. The van der Waals surface area contributed by atoms with Crippen molar-refractivity contribution in [2.24, 2.45) is 0 Å². The predicted octanol–water partition coefficient (Wildman–Crippen LogP) is 3.19. The fraction of sp³-hybridized carbons (Fsp3) is 0.625. The number of likely N-dealkylation sites (N-methyl/N-ethyl adjacent to an activating group) is 1. The quantitative estimate of drug-likeness (QED) is 0.826. The molecular weight excluding hydrogens is 222 g/mol. The van der Waals surface area contributed by atoms with Crippen molar-refractivity contribution in [3.8, 4) is 0 Å². The standard InChI is InChI=1S/C13H19NO.C3H8/c1-10-4-3-5-11(8-10)12-6-7-14(2)9-13(12)15;1-3-2/h3-5,8,12-13,15H,6-7,9H2,1-2H3;3H2,1-2H3. The molecule has 0 aliphatic carbocycles. The van der Waals surface area contributed by atoms with Crippen molar-refractivity contribution in [3.63, 3.8) is 0 Å². The van der Waals surface area contributed by atoms with Gasteiger partial charge in [0.15, 0.2) is 0 Å². The Hall–Kier alpha value is -0.860. The first-order valence-electron chi connectivity index (χ1n) is 7.01. The van der Waals surface area contributed by atoms with Crippen LogP contribution < -0.4 is 0 Å². The van der Waals surface area contributed by atoms with Crippen LogP contribution in [0.3, 0.4) is 0 Å². The molecular formula is C16H27NO. The summed E-state index contributed by atoms with van der Waals surface area (Å²) in [4.78, 5) is 2.19. The minimum Gasteiger partial charge on any atom is -0.391 e. The number of benzene rings is 1. The van der Waals surface area contributed by atoms with Crippen LogP contribution in [0.15, 0.2) is 24.3 Å². The molecule has 0 aromatic heterocycles. The highest BCUT2D eigenvalue weighted by atomic mass is 16.3. The van der Waals surface area contributed by atoms with Gasteiger partial charge in [0.1, 0.15) is 0 Å². The fourth-order valence-electron chi connectivity index (χ4n) is 2.38. The van der Waals surface area contributed by atoms with Crippen molar-refractivity contribution in [1.82, 2.24) is 4.90 Å². The number of aryl methyl sites for hydroxylation is 1. The molecule has 0 amide bonds. The predicted molar refractivity (Wildman–Crippen MR) is 78.0 cm³/mol. The Bertz CT molecular complexity index is 351. The number of hydrogen-bond donors (Lipinski definition) is 1. The highest BCUT2D eigenvalue weighted by Crippen LogP contribution is 2.28. The molecule has 1 saturated heterocycles. The highest BCUT2D eigenvalue weighted by molar-refractivity contribution is 5.26. The maximum atomic E-state index is 10.0. The molecule has 1 N–H and O–H groups in total. The summed E-state index contributed by atoms with van der Waals surface area (Å²) in [5.74, 6) is 0.320. The molecule has 0 bridgehead atoms. The van der Waals surface area contributed by atoms with E-state index >= 15 is 0 Å². The van der Waals surface area contributed by atoms with E-state index in [4.69, 9.17) is 0 Å². The lowest BCUT2D eigenvalue weighted by atomic mass is 9.87. The maximum absolute atomic E-state index is 10.0. The molecule has 2 unspecified atom stereocenters. The third kappa shape index (κ3) is 4.43. The summed E-state index contributed by atoms with van der Waals surface area (Å²) >= 11 is 0. The molecule has 1 aromatic rings. The third-order valence-electron chi connectivity index (χ3n) is 3.26. The van der Waals surface area contributed by atoms with Gasteiger partial charge in [0.2, 0.25) is 0 Å². The molecule has 1 aliphatic heterocycles. The summed E-state index contributed by atoms with van der Waals surface area (Å²) in [5.41, 5.74) is 2.56. The SMILES string of the molecule is CCC.Cc1cccc(C2CCN(C)CC2O)c1. The van der Waals surface area contributed by atoms with Gasteiger partial charge in [0.25, 0.3) is 0 Å². The monoisotopic (exact) mass is 249 g/mol. The van der Waals surface area contributed by atoms with Gasteiger partial charge in [-0.1, -0.05) is 50.1 Å². The van der Waals surface area contributed by atoms with Gasteiger partial charge in [-0.25, -0.2) is 0 Å². The van der Waals surface area contributed by atoms with Crippen LogP contribution in [0.4, 0.5) is 0 Å². The van der Waals surface area contributed by atoms with Gasteiger partial charge >= 0.3 is 0 Å². The summed E-state index contributed by atoms with van der Waals surface area (Å²) in [6, 6.07) is 8.51. The van der Waals surface area contributed by atoms with E-state index in [2.05, 4.69) is 57.0 Å². The minimum atomic E-state index is -0.217. The van der Waals surface area contributed by atoms with Gasteiger partial charge in [-0.2, -0.15) is 0 Å². The molecule has 2 atom stereocenters. The molecule has 2 heteroatoms. The summed E-state index contributed by atoms with van der Waals surface area (Å²) in [6.45, 7) is 8.22. The zero-order chi connectivity index (χ0) is 13.5. The number of aliphatic hydroxyl groups excluding tert-OH is 1. The van der Waals surface area contributed by atoms with Crippen molar-refractivity contribution >= 4 is 0 Å². The van der Waals surface area contributed by atoms with E-state index in [1.807, 2.05) is 0 Å². The van der Waals surface area contributed by atoms with Gasteiger partial charge in [0.05, 0.1) is 6.10 Å². The Labute approximate surface area is 112 Å². The molecule has 102 valence electrons. The lowest BCUT2D eigenvalue weighted by molar-refractivity contribution is 0.0638. The Balaban J connectivity index is 0.000000492. The van der Waals surface area contributed by atoms with E-state index < -0.39 is 0 Å². The summed E-state index contributed by atoms with van der Waals surface area (Å²) in [7, 11) is 2.07. The van der Waals surface area contributed by atoms with E-state index in [1.54, 1.807) is 0 Å². The average molecular weight is 249 g/mol. The highest BCUT2D eigenvalue weighted by Gasteiger charge is 2.26. The lowest BCUT2D eigenvalue weighted by Crippen LogP contribution is -2.40. The number of rotatable bonds is 1. The van der Waals surface area contributed by atoms with Gasteiger partial charge < -0.3 is 10.0 Å². The molecule has 1 fully saturated rings. The second-order valence-corrected chi connectivity index (χ2v) is 5.35. The van der Waals surface area contributed by atoms with Crippen LogP contribution in [0.1, 0.15) is 43.7 Å². The van der Waals surface area contributed by atoms with E-state index in [-0.39, 0.29) is 6.10 Å². The van der Waals surface area contributed by atoms with Crippen LogP contribution in [-0.2, 0) is 0 Å². The van der Waals surface area contributed by atoms with Crippen molar-refractivity contribution < 1.29 is 5.11 Å². The first-order chi connectivity index (χ1) is 8.58. The van der Waals surface area contributed by atoms with Crippen molar-refractivity contribution in [3.05, 3.63) is 35.4 Å². The Kier molecular flexibility index (Phi) is 6.37. The number of β-amino-alcohol motifs (C(OH)–C–C–N with tert-alkyl or cyclic N) is 1. The lowest BCUT2D eigenvalue weighted by Gasteiger charge is -2.34. The minimum absolute atomic E-state index is 0.217. The van der Waals surface area contributed by atoms with Crippen LogP contribution in [0.25, 0.3) is 0 Å². The summed E-state index contributed by atoms with van der Waals surface area (Å²) in [6.07, 6.45) is 2.09. The zero-order valence-electron chi connectivity index (χ0n) is 12.2. The average Bonchev–Trinajstić information content (AvgIpc) is 2.29. The van der Waals surface area contributed by atoms with Crippen LogP contribution in [0, 0.1) is 6.92 Å². The summed E-state index contributed by atoms with van der Waals surface area (Å²) < 4.78 is 0. The number of aliphatic hydroxyl groups is 1. The van der Waals surface area contributed by atoms with Crippen LogP contribution >= 0.6 is 0 Å². The Morgan fingerprint density at radius 2 is 2.00 bits per heavy atom. The van der Waals surface area contributed by atoms with Gasteiger partial charge in [-0.15, -0.1) is 0 Å². The topological polar surface area (TPSA) is 23.5 Å². The molecule has 18 heavy (non-hydrogen) atoms. The molecule has 2 nitrogen and oxygen atoms in total. The second kappa shape index (κ2) is 7.55. The third-order valence-corrected chi connectivity index (χ3v) is 3.26. The van der Waals surface area contributed by atoms with Crippen molar-refractivity contribution in [2.75, 3.05) is 20.1 Å². The van der Waals surface area contributed by atoms with Crippen LogP contribution in [0.2, 0.25) is 0 Å². The molecule has 0 saturated carbocycles. The Morgan fingerprint density at radius 1 is 1.33 bits per heavy atom. The largest absolute Gasteiger partial charge is 0.391 e. The van der Waals surface area contributed by atoms with Gasteiger partial charge in [-0.05, 0) is 32.5 Å². The van der Waals surface area contributed by atoms with E-state index in [1.165, 1.54) is 17.5 Å². The second-order valence-electron chi connectivity index (χ2n) is 5.35. The molecule has 1 aliphatic rings. The van der Waals surface area contributed by atoms with Gasteiger partial charge in [-0.3, -0.25) is 0 Å². The zero-order valence-corrected chi connectivity index (χ0v) is 12.2. The molecule has 1 heterocycles. The Morgan fingerprint density at radius 3 is 2.56 bits per heavy atom. The van der Waals surface area contributed by atoms with Crippen LogP contribution in [-0.4, -0.2) is 36.2 Å². The maximum Gasteiger partial charge on any atom is 0.0735 e. The van der Waals surface area contributed by atoms with Gasteiger partial charge in [0, 0.05) is 12.5 Å². The molecule has 1 aromatic carbocycles. The fourth-order valence-corrected chi connectivity index (χ4v) is 2.38. The normalized spacial score (nSPS) is 24.3. The van der Waals surface area contributed by atoms with E-state index in [0.717, 1.165) is 19.5 Å². The number of hydrogen-bond acceptors (Lipinski definition) is 2. The molecule has 0 radical (unpaired) electrons. The molecule has 2 rings (SSSR count). The first kappa shape index (κ1) is 15.2. The number of nitrogens with zero attached hydrogens (tertiary/aromatic N) is 1. The van der Waals surface area contributed by atoms with E-state index in [9.17, 15) is 5.11 Å². The van der Waals surface area contributed by atoms with E-state index in [0.29, 0.717) is 5.92 Å². The number of piperidine rings is 1. The van der Waals surface area contributed by atoms with Crippen molar-refractivity contribution in [1.29, 1.82) is 0 Å². The van der Waals surface area contributed by atoms with Crippen molar-refractivity contribution in [2.45, 2.75) is 45.6 Å². The first-order valence-corrected chi connectivity index (χ1v) is 7.01.